The summed E-state index contributed by atoms with van der Waals surface area (Å²) in [6.07, 6.45) is 1.44. The van der Waals surface area contributed by atoms with Crippen molar-refractivity contribution in [2.45, 2.75) is 6.54 Å². The summed E-state index contributed by atoms with van der Waals surface area (Å²) in [5.41, 5.74) is 0.116. The van der Waals surface area contributed by atoms with Crippen molar-refractivity contribution in [1.82, 2.24) is 4.98 Å². The largest absolute Gasteiger partial charge is 0.300 e. The van der Waals surface area contributed by atoms with Crippen LogP contribution in [0.5, 0.6) is 0 Å². The molecule has 1 aromatic heterocycles. The number of Topliss-reactive ketones (excluding diaryl/α,β-unsaturated/α-hetero) is 1. The van der Waals surface area contributed by atoms with E-state index in [1.54, 1.807) is 6.07 Å². The molecule has 0 spiro atoms. The van der Waals surface area contributed by atoms with Crippen molar-refractivity contribution >= 4 is 29.0 Å². The summed E-state index contributed by atoms with van der Waals surface area (Å²) < 4.78 is 27.0. The van der Waals surface area contributed by atoms with Crippen molar-refractivity contribution in [2.75, 3.05) is 4.90 Å². The summed E-state index contributed by atoms with van der Waals surface area (Å²) in [6.45, 7) is -0.0251. The van der Waals surface area contributed by atoms with Gasteiger partial charge < -0.3 is 4.90 Å². The number of benzene rings is 1. The van der Waals surface area contributed by atoms with E-state index >= 15 is 0 Å². The van der Waals surface area contributed by atoms with Crippen molar-refractivity contribution in [2.24, 2.45) is 0 Å². The minimum absolute atomic E-state index is 0.0251. The fourth-order valence-electron chi connectivity index (χ4n) is 2.22. The van der Waals surface area contributed by atoms with Gasteiger partial charge in [-0.1, -0.05) is 11.6 Å². The van der Waals surface area contributed by atoms with Gasteiger partial charge in [-0.2, -0.15) is 0 Å². The van der Waals surface area contributed by atoms with Crippen LogP contribution in [0, 0.1) is 11.6 Å². The molecule has 1 aromatic carbocycles. The summed E-state index contributed by atoms with van der Waals surface area (Å²) in [6, 6.07) is 4.64. The van der Waals surface area contributed by atoms with Crippen LogP contribution in [0.25, 0.3) is 0 Å². The number of rotatable bonds is 2. The SMILES string of the molecule is O=C1C(=O)N(Cc2ccnc(Cl)c2)c2cc(F)cc(F)c21. The van der Waals surface area contributed by atoms with E-state index in [1.807, 2.05) is 0 Å². The zero-order valence-electron chi connectivity index (χ0n) is 10.4. The van der Waals surface area contributed by atoms with Crippen molar-refractivity contribution in [3.63, 3.8) is 0 Å². The maximum Gasteiger partial charge on any atom is 0.299 e. The lowest BCUT2D eigenvalue weighted by atomic mass is 10.1. The smallest absolute Gasteiger partial charge is 0.299 e. The molecular weight excluding hydrogens is 302 g/mol. The number of amides is 1. The van der Waals surface area contributed by atoms with E-state index in [0.29, 0.717) is 11.6 Å². The second kappa shape index (κ2) is 4.89. The predicted octanol–water partition coefficient (Wildman–Crippen LogP) is 2.74. The van der Waals surface area contributed by atoms with Crippen LogP contribution in [-0.2, 0) is 11.3 Å². The molecule has 0 bridgehead atoms. The Kier molecular flexibility index (Phi) is 3.17. The Bertz CT molecular complexity index is 780. The summed E-state index contributed by atoms with van der Waals surface area (Å²) in [5, 5.41) is 0.219. The Morgan fingerprint density at radius 1 is 1.19 bits per heavy atom. The number of fused-ring (bicyclic) bond motifs is 1. The molecule has 0 atom stereocenters. The van der Waals surface area contributed by atoms with Gasteiger partial charge in [0.05, 0.1) is 17.8 Å². The van der Waals surface area contributed by atoms with E-state index < -0.39 is 28.9 Å². The molecule has 7 heteroatoms. The third-order valence-corrected chi connectivity index (χ3v) is 3.33. The minimum atomic E-state index is -1.04. The van der Waals surface area contributed by atoms with Gasteiger partial charge in [0.15, 0.2) is 0 Å². The quantitative estimate of drug-likeness (QED) is 0.633. The Morgan fingerprint density at radius 3 is 2.67 bits per heavy atom. The number of carbonyl (C=O) groups excluding carboxylic acids is 2. The lowest BCUT2D eigenvalue weighted by molar-refractivity contribution is -0.114. The number of halogens is 3. The summed E-state index contributed by atoms with van der Waals surface area (Å²) in [7, 11) is 0. The highest BCUT2D eigenvalue weighted by atomic mass is 35.5. The lowest BCUT2D eigenvalue weighted by Gasteiger charge is -2.16. The van der Waals surface area contributed by atoms with Crippen LogP contribution in [0.3, 0.4) is 0 Å². The second-order valence-corrected chi connectivity index (χ2v) is 4.88. The van der Waals surface area contributed by atoms with Crippen LogP contribution in [-0.4, -0.2) is 16.7 Å². The predicted molar refractivity (Wildman–Crippen MR) is 71.1 cm³/mol. The van der Waals surface area contributed by atoms with Crippen molar-refractivity contribution in [1.29, 1.82) is 0 Å². The molecule has 3 rings (SSSR count). The average molecular weight is 309 g/mol. The van der Waals surface area contributed by atoms with E-state index in [-0.39, 0.29) is 17.4 Å². The molecular formula is C14H7ClF2N2O2. The van der Waals surface area contributed by atoms with E-state index in [1.165, 1.54) is 12.3 Å². The Morgan fingerprint density at radius 2 is 1.95 bits per heavy atom. The summed E-state index contributed by atoms with van der Waals surface area (Å²) in [4.78, 5) is 28.6. The maximum atomic E-state index is 13.7. The fourth-order valence-corrected chi connectivity index (χ4v) is 2.41. The zero-order chi connectivity index (χ0) is 15.1. The van der Waals surface area contributed by atoms with E-state index in [0.717, 1.165) is 11.0 Å². The molecule has 1 aliphatic rings. The summed E-state index contributed by atoms with van der Waals surface area (Å²) in [5.74, 6) is -3.78. The molecule has 0 saturated carbocycles. The number of pyridine rings is 1. The molecule has 1 amide bonds. The third-order valence-electron chi connectivity index (χ3n) is 3.12. The number of ketones is 1. The highest BCUT2D eigenvalue weighted by molar-refractivity contribution is 6.52. The first kappa shape index (κ1) is 13.6. The maximum absolute atomic E-state index is 13.7. The topological polar surface area (TPSA) is 50.3 Å². The van der Waals surface area contributed by atoms with Gasteiger partial charge in [-0.05, 0) is 23.8 Å². The van der Waals surface area contributed by atoms with Crippen LogP contribution in [0.2, 0.25) is 5.15 Å². The number of nitrogens with zero attached hydrogens (tertiary/aromatic N) is 2. The second-order valence-electron chi connectivity index (χ2n) is 4.49. The molecule has 21 heavy (non-hydrogen) atoms. The fraction of sp³-hybridized carbons (Fsp3) is 0.0714. The van der Waals surface area contributed by atoms with Crippen LogP contribution in [0.4, 0.5) is 14.5 Å². The molecule has 0 radical (unpaired) electrons. The third kappa shape index (κ3) is 2.27. The highest BCUT2D eigenvalue weighted by Crippen LogP contribution is 2.33. The van der Waals surface area contributed by atoms with Gasteiger partial charge in [0.25, 0.3) is 11.7 Å². The van der Waals surface area contributed by atoms with E-state index in [2.05, 4.69) is 4.98 Å². The standard InChI is InChI=1S/C14H7ClF2N2O2/c15-11-3-7(1-2-18-11)6-19-10-5-8(16)4-9(17)12(10)13(20)14(19)21/h1-5H,6H2. The molecule has 0 unspecified atom stereocenters. The molecule has 0 N–H and O–H groups in total. The van der Waals surface area contributed by atoms with Gasteiger partial charge in [-0.3, -0.25) is 9.59 Å². The Hall–Kier alpha value is -2.34. The van der Waals surface area contributed by atoms with Crippen LogP contribution < -0.4 is 4.90 Å². The zero-order valence-corrected chi connectivity index (χ0v) is 11.2. The van der Waals surface area contributed by atoms with Crippen LogP contribution >= 0.6 is 11.6 Å². The lowest BCUT2D eigenvalue weighted by Crippen LogP contribution is -2.29. The van der Waals surface area contributed by atoms with Gasteiger partial charge >= 0.3 is 0 Å². The van der Waals surface area contributed by atoms with Gasteiger partial charge in [-0.25, -0.2) is 13.8 Å². The van der Waals surface area contributed by atoms with Crippen molar-refractivity contribution in [3.8, 4) is 0 Å². The van der Waals surface area contributed by atoms with Crippen LogP contribution in [0.15, 0.2) is 30.5 Å². The molecule has 0 fully saturated rings. The number of carbonyl (C=O) groups is 2. The van der Waals surface area contributed by atoms with E-state index in [4.69, 9.17) is 11.6 Å². The van der Waals surface area contributed by atoms with Crippen molar-refractivity contribution in [3.05, 3.63) is 58.4 Å². The first-order valence-electron chi connectivity index (χ1n) is 5.93. The summed E-state index contributed by atoms with van der Waals surface area (Å²) >= 11 is 5.74. The first-order valence-corrected chi connectivity index (χ1v) is 6.31. The monoisotopic (exact) mass is 308 g/mol. The normalized spacial score (nSPS) is 13.8. The van der Waals surface area contributed by atoms with E-state index in [9.17, 15) is 18.4 Å². The van der Waals surface area contributed by atoms with Gasteiger partial charge in [0, 0.05) is 12.3 Å². The molecule has 0 aliphatic carbocycles. The highest BCUT2D eigenvalue weighted by Gasteiger charge is 2.38. The first-order chi connectivity index (χ1) is 9.97. The molecule has 4 nitrogen and oxygen atoms in total. The number of hydrogen-bond donors (Lipinski definition) is 0. The Balaban J connectivity index is 2.05. The molecule has 2 heterocycles. The number of anilines is 1. The van der Waals surface area contributed by atoms with Gasteiger partial charge in [0.2, 0.25) is 0 Å². The molecule has 1 aliphatic heterocycles. The van der Waals surface area contributed by atoms with Gasteiger partial charge in [-0.15, -0.1) is 0 Å². The van der Waals surface area contributed by atoms with Gasteiger partial charge in [0.1, 0.15) is 16.8 Å². The molecule has 0 saturated heterocycles. The molecule has 106 valence electrons. The average Bonchev–Trinajstić information content (AvgIpc) is 2.64. The number of aromatic nitrogens is 1. The van der Waals surface area contributed by atoms with Crippen LogP contribution in [0.1, 0.15) is 15.9 Å². The minimum Gasteiger partial charge on any atom is -0.300 e. The molecule has 2 aromatic rings. The van der Waals surface area contributed by atoms with Crippen molar-refractivity contribution < 1.29 is 18.4 Å². The Labute approximate surface area is 123 Å². The number of hydrogen-bond acceptors (Lipinski definition) is 3.